The van der Waals surface area contributed by atoms with Crippen LogP contribution in [0.2, 0.25) is 5.02 Å². The van der Waals surface area contributed by atoms with Gasteiger partial charge in [0, 0.05) is 38.1 Å². The molecular weight excluding hydrogens is 378 g/mol. The van der Waals surface area contributed by atoms with Crippen molar-refractivity contribution in [3.63, 3.8) is 0 Å². The molecule has 0 aliphatic carbocycles. The Bertz CT molecular complexity index is 774. The van der Waals surface area contributed by atoms with Crippen molar-refractivity contribution in [1.82, 2.24) is 14.5 Å². The first-order valence-electron chi connectivity index (χ1n) is 8.44. The summed E-state index contributed by atoms with van der Waals surface area (Å²) >= 11 is 5.89. The summed E-state index contributed by atoms with van der Waals surface area (Å²) in [5, 5.41) is 3.03. The van der Waals surface area contributed by atoms with Gasteiger partial charge in [-0.25, -0.2) is 8.42 Å². The minimum atomic E-state index is -3.65. The molecule has 26 heavy (non-hydrogen) atoms. The van der Waals surface area contributed by atoms with E-state index < -0.39 is 16.1 Å². The van der Waals surface area contributed by atoms with E-state index in [1.165, 1.54) is 23.4 Å². The molecule has 1 N–H and O–H groups in total. The van der Waals surface area contributed by atoms with Crippen molar-refractivity contribution in [3.8, 4) is 0 Å². The second-order valence-electron chi connectivity index (χ2n) is 6.61. The van der Waals surface area contributed by atoms with Crippen LogP contribution in [0.25, 0.3) is 0 Å². The molecule has 9 heteroatoms. The zero-order valence-corrected chi connectivity index (χ0v) is 16.7. The number of sulfonamides is 1. The molecule has 1 aliphatic heterocycles. The van der Waals surface area contributed by atoms with Crippen LogP contribution in [0.1, 0.15) is 20.8 Å². The zero-order valence-electron chi connectivity index (χ0n) is 15.1. The van der Waals surface area contributed by atoms with Crippen LogP contribution in [0.5, 0.6) is 0 Å². The molecule has 1 heterocycles. The number of nitrogens with one attached hydrogen (secondary N) is 1. The number of nitrogens with zero attached hydrogens (tertiary/aromatic N) is 2. The summed E-state index contributed by atoms with van der Waals surface area (Å²) in [6, 6.07) is 5.52. The maximum atomic E-state index is 12.7. The minimum absolute atomic E-state index is 0.0559. The number of piperazine rings is 1. The Labute approximate surface area is 159 Å². The summed E-state index contributed by atoms with van der Waals surface area (Å²) < 4.78 is 26.8. The Hall–Kier alpha value is -1.64. The van der Waals surface area contributed by atoms with Crippen LogP contribution in [-0.4, -0.2) is 61.7 Å². The van der Waals surface area contributed by atoms with Gasteiger partial charge in [-0.2, -0.15) is 4.31 Å². The molecule has 2 rings (SSSR count). The molecule has 2 amide bonds. The van der Waals surface area contributed by atoms with E-state index in [9.17, 15) is 18.0 Å². The Morgan fingerprint density at radius 3 is 2.27 bits per heavy atom. The molecule has 0 radical (unpaired) electrons. The number of benzene rings is 1. The smallest absolute Gasteiger partial charge is 0.245 e. The molecule has 0 spiro atoms. The van der Waals surface area contributed by atoms with Gasteiger partial charge in [-0.05, 0) is 24.1 Å². The van der Waals surface area contributed by atoms with E-state index in [2.05, 4.69) is 5.32 Å². The summed E-state index contributed by atoms with van der Waals surface area (Å²) in [5.41, 5.74) is 0. The maximum Gasteiger partial charge on any atom is 0.245 e. The van der Waals surface area contributed by atoms with Crippen LogP contribution in [0.3, 0.4) is 0 Å². The number of hydrogen-bond acceptors (Lipinski definition) is 4. The normalized spacial score (nSPS) is 17.2. The van der Waals surface area contributed by atoms with E-state index >= 15 is 0 Å². The second-order valence-corrected chi connectivity index (χ2v) is 8.98. The number of amides is 2. The van der Waals surface area contributed by atoms with Gasteiger partial charge in [0.05, 0.1) is 4.90 Å². The zero-order chi connectivity index (χ0) is 19.5. The minimum Gasteiger partial charge on any atom is -0.344 e. The highest BCUT2D eigenvalue weighted by Gasteiger charge is 2.33. The van der Waals surface area contributed by atoms with Gasteiger partial charge in [0.25, 0.3) is 0 Å². The number of halogens is 1. The number of hydrogen-bond donors (Lipinski definition) is 1. The lowest BCUT2D eigenvalue weighted by molar-refractivity contribution is -0.138. The van der Waals surface area contributed by atoms with Crippen LogP contribution in [0.4, 0.5) is 0 Å². The van der Waals surface area contributed by atoms with Crippen LogP contribution in [0, 0.1) is 5.92 Å². The third kappa shape index (κ3) is 4.75. The standard InChI is InChI=1S/C17H24ClN3O4S/c1-12(2)16(19-13(3)22)17(23)20-7-9-21(10-8-20)26(24,25)15-6-4-5-14(18)11-15/h4-6,11-12,16H,7-10H2,1-3H3,(H,19,22)/t16-/m1/s1. The Morgan fingerprint density at radius 1 is 1.15 bits per heavy atom. The van der Waals surface area contributed by atoms with Gasteiger partial charge in [0.2, 0.25) is 21.8 Å². The molecule has 0 aromatic heterocycles. The Balaban J connectivity index is 2.06. The topological polar surface area (TPSA) is 86.8 Å². The Kier molecular flexibility index (Phi) is 6.65. The van der Waals surface area contributed by atoms with E-state index in [0.717, 1.165) is 0 Å². The van der Waals surface area contributed by atoms with Crippen molar-refractivity contribution in [2.75, 3.05) is 26.2 Å². The average Bonchev–Trinajstić information content (AvgIpc) is 2.59. The van der Waals surface area contributed by atoms with Crippen LogP contribution in [0.15, 0.2) is 29.2 Å². The number of rotatable bonds is 5. The molecule has 144 valence electrons. The molecule has 1 saturated heterocycles. The van der Waals surface area contributed by atoms with Gasteiger partial charge in [0.15, 0.2) is 0 Å². The van der Waals surface area contributed by atoms with Gasteiger partial charge >= 0.3 is 0 Å². The third-order valence-electron chi connectivity index (χ3n) is 4.28. The molecule has 1 aromatic carbocycles. The van der Waals surface area contributed by atoms with E-state index in [0.29, 0.717) is 5.02 Å². The van der Waals surface area contributed by atoms with Gasteiger partial charge in [-0.15, -0.1) is 0 Å². The van der Waals surface area contributed by atoms with Gasteiger partial charge in [-0.1, -0.05) is 31.5 Å². The van der Waals surface area contributed by atoms with E-state index in [-0.39, 0.29) is 48.8 Å². The molecule has 0 saturated carbocycles. The molecule has 1 atom stereocenters. The summed E-state index contributed by atoms with van der Waals surface area (Å²) in [5.74, 6) is -0.506. The molecule has 1 aromatic rings. The highest BCUT2D eigenvalue weighted by molar-refractivity contribution is 7.89. The monoisotopic (exact) mass is 401 g/mol. The summed E-state index contributed by atoms with van der Waals surface area (Å²) in [4.78, 5) is 25.7. The molecular formula is C17H24ClN3O4S. The van der Waals surface area contributed by atoms with Crippen molar-refractivity contribution in [2.24, 2.45) is 5.92 Å². The van der Waals surface area contributed by atoms with Gasteiger partial charge < -0.3 is 10.2 Å². The predicted molar refractivity (Wildman–Crippen MR) is 99.2 cm³/mol. The molecule has 0 unspecified atom stereocenters. The SMILES string of the molecule is CC(=O)N[C@@H](C(=O)N1CCN(S(=O)(=O)c2cccc(Cl)c2)CC1)C(C)C. The fourth-order valence-corrected chi connectivity index (χ4v) is 4.58. The highest BCUT2D eigenvalue weighted by atomic mass is 35.5. The average molecular weight is 402 g/mol. The van der Waals surface area contributed by atoms with Crippen molar-refractivity contribution in [3.05, 3.63) is 29.3 Å². The van der Waals surface area contributed by atoms with Crippen molar-refractivity contribution >= 4 is 33.4 Å². The predicted octanol–water partition coefficient (Wildman–Crippen LogP) is 1.33. The first kappa shape index (κ1) is 20.7. The van der Waals surface area contributed by atoms with E-state index in [1.807, 2.05) is 13.8 Å². The van der Waals surface area contributed by atoms with E-state index in [1.54, 1.807) is 17.0 Å². The fourth-order valence-electron chi connectivity index (χ4n) is 2.85. The van der Waals surface area contributed by atoms with Gasteiger partial charge in [0.1, 0.15) is 6.04 Å². The molecule has 1 aliphatic rings. The lowest BCUT2D eigenvalue weighted by Crippen LogP contribution is -2.56. The first-order chi connectivity index (χ1) is 12.1. The van der Waals surface area contributed by atoms with Crippen LogP contribution in [-0.2, 0) is 19.6 Å². The van der Waals surface area contributed by atoms with Crippen LogP contribution >= 0.6 is 11.6 Å². The van der Waals surface area contributed by atoms with Crippen molar-refractivity contribution in [1.29, 1.82) is 0 Å². The van der Waals surface area contributed by atoms with Crippen LogP contribution < -0.4 is 5.32 Å². The lowest BCUT2D eigenvalue weighted by atomic mass is 10.0. The molecule has 0 bridgehead atoms. The third-order valence-corrected chi connectivity index (χ3v) is 6.41. The van der Waals surface area contributed by atoms with Crippen molar-refractivity contribution in [2.45, 2.75) is 31.7 Å². The largest absolute Gasteiger partial charge is 0.344 e. The molecule has 1 fully saturated rings. The second kappa shape index (κ2) is 8.37. The Morgan fingerprint density at radius 2 is 1.77 bits per heavy atom. The molecule has 7 nitrogen and oxygen atoms in total. The van der Waals surface area contributed by atoms with Gasteiger partial charge in [-0.3, -0.25) is 9.59 Å². The number of carbonyl (C=O) groups is 2. The maximum absolute atomic E-state index is 12.7. The van der Waals surface area contributed by atoms with Crippen molar-refractivity contribution < 1.29 is 18.0 Å². The fraction of sp³-hybridized carbons (Fsp3) is 0.529. The quantitative estimate of drug-likeness (QED) is 0.806. The van der Waals surface area contributed by atoms with E-state index in [4.69, 9.17) is 11.6 Å². The summed E-state index contributed by atoms with van der Waals surface area (Å²) in [7, 11) is -3.65. The lowest BCUT2D eigenvalue weighted by Gasteiger charge is -2.36. The number of carbonyl (C=O) groups excluding carboxylic acids is 2. The summed E-state index contributed by atoms with van der Waals surface area (Å²) in [6.45, 7) is 6.05. The first-order valence-corrected chi connectivity index (χ1v) is 10.3. The highest BCUT2D eigenvalue weighted by Crippen LogP contribution is 2.21. The summed E-state index contributed by atoms with van der Waals surface area (Å²) in [6.07, 6.45) is 0.